The molecule has 0 aliphatic rings. The highest BCUT2D eigenvalue weighted by Gasteiger charge is 2.15. The van der Waals surface area contributed by atoms with E-state index in [9.17, 15) is 0 Å². The van der Waals surface area contributed by atoms with Crippen molar-refractivity contribution in [1.82, 2.24) is 0 Å². The van der Waals surface area contributed by atoms with Gasteiger partial charge in [-0.05, 0) is 30.5 Å². The van der Waals surface area contributed by atoms with Crippen LogP contribution in [0.2, 0.25) is 0 Å². The summed E-state index contributed by atoms with van der Waals surface area (Å²) in [5.74, 6) is 1.98. The molecule has 0 bridgehead atoms. The molecule has 0 aliphatic heterocycles. The fraction of sp³-hybridized carbons (Fsp3) is 0.571. The van der Waals surface area contributed by atoms with Crippen molar-refractivity contribution in [2.24, 2.45) is 11.7 Å². The number of hydrogen-bond acceptors (Lipinski definition) is 3. The summed E-state index contributed by atoms with van der Waals surface area (Å²) < 4.78 is 10.8. The fourth-order valence-corrected chi connectivity index (χ4v) is 1.75. The zero-order valence-electron chi connectivity index (χ0n) is 11.2. The predicted molar refractivity (Wildman–Crippen MR) is 70.5 cm³/mol. The Morgan fingerprint density at radius 2 is 1.94 bits per heavy atom. The third-order valence-electron chi connectivity index (χ3n) is 3.13. The Morgan fingerprint density at radius 3 is 2.47 bits per heavy atom. The van der Waals surface area contributed by atoms with Crippen molar-refractivity contribution < 1.29 is 9.47 Å². The van der Waals surface area contributed by atoms with Gasteiger partial charge in [0.05, 0.1) is 13.7 Å². The second kappa shape index (κ2) is 6.50. The van der Waals surface area contributed by atoms with Crippen LogP contribution in [0.3, 0.4) is 0 Å². The summed E-state index contributed by atoms with van der Waals surface area (Å²) in [6.45, 7) is 6.89. The van der Waals surface area contributed by atoms with Crippen LogP contribution in [0.15, 0.2) is 18.2 Å². The molecule has 0 spiro atoms. The summed E-state index contributed by atoms with van der Waals surface area (Å²) in [7, 11) is 1.64. The topological polar surface area (TPSA) is 44.5 Å². The zero-order valence-corrected chi connectivity index (χ0v) is 11.2. The van der Waals surface area contributed by atoms with Crippen molar-refractivity contribution in [3.8, 4) is 11.5 Å². The molecule has 0 fully saturated rings. The molecule has 3 heteroatoms. The molecule has 3 nitrogen and oxygen atoms in total. The maximum Gasteiger partial charge on any atom is 0.161 e. The second-order valence-electron chi connectivity index (χ2n) is 4.25. The molecule has 2 N–H and O–H groups in total. The van der Waals surface area contributed by atoms with Gasteiger partial charge in [0.2, 0.25) is 0 Å². The third kappa shape index (κ3) is 3.37. The largest absolute Gasteiger partial charge is 0.493 e. The molecule has 96 valence electrons. The minimum absolute atomic E-state index is 0.0464. The van der Waals surface area contributed by atoms with Crippen LogP contribution in [0.1, 0.15) is 38.8 Å². The normalized spacial score (nSPS) is 14.2. The third-order valence-corrected chi connectivity index (χ3v) is 3.13. The van der Waals surface area contributed by atoms with Gasteiger partial charge in [-0.1, -0.05) is 26.3 Å². The molecule has 0 saturated heterocycles. The molecular formula is C14H23NO2. The van der Waals surface area contributed by atoms with Crippen LogP contribution < -0.4 is 15.2 Å². The van der Waals surface area contributed by atoms with Crippen molar-refractivity contribution in [3.63, 3.8) is 0 Å². The molecule has 1 aromatic rings. The first-order valence-electron chi connectivity index (χ1n) is 6.20. The zero-order chi connectivity index (χ0) is 12.8. The van der Waals surface area contributed by atoms with Gasteiger partial charge in [-0.25, -0.2) is 0 Å². The molecule has 1 unspecified atom stereocenters. The average Bonchev–Trinajstić information content (AvgIpc) is 2.37. The lowest BCUT2D eigenvalue weighted by molar-refractivity contribution is 0.309. The molecule has 0 aromatic heterocycles. The molecule has 17 heavy (non-hydrogen) atoms. The highest BCUT2D eigenvalue weighted by atomic mass is 16.5. The number of hydrogen-bond donors (Lipinski definition) is 1. The highest BCUT2D eigenvalue weighted by molar-refractivity contribution is 5.43. The summed E-state index contributed by atoms with van der Waals surface area (Å²) in [5, 5.41) is 0. The highest BCUT2D eigenvalue weighted by Crippen LogP contribution is 2.32. The summed E-state index contributed by atoms with van der Waals surface area (Å²) in [6.07, 6.45) is 1.07. The Kier molecular flexibility index (Phi) is 5.29. The van der Waals surface area contributed by atoms with Crippen molar-refractivity contribution in [1.29, 1.82) is 0 Å². The van der Waals surface area contributed by atoms with E-state index in [0.717, 1.165) is 23.5 Å². The predicted octanol–water partition coefficient (Wildman–Crippen LogP) is 3.14. The maximum atomic E-state index is 6.21. The van der Waals surface area contributed by atoms with Crippen LogP contribution in [-0.4, -0.2) is 13.7 Å². The van der Waals surface area contributed by atoms with Gasteiger partial charge < -0.3 is 15.2 Å². The van der Waals surface area contributed by atoms with Crippen LogP contribution in [0.5, 0.6) is 11.5 Å². The van der Waals surface area contributed by atoms with E-state index in [0.29, 0.717) is 12.5 Å². The van der Waals surface area contributed by atoms with Crippen LogP contribution in [0, 0.1) is 5.92 Å². The van der Waals surface area contributed by atoms with E-state index in [4.69, 9.17) is 15.2 Å². The average molecular weight is 237 g/mol. The van der Waals surface area contributed by atoms with Gasteiger partial charge in [-0.3, -0.25) is 0 Å². The summed E-state index contributed by atoms with van der Waals surface area (Å²) in [6, 6.07) is 5.96. The molecule has 2 atom stereocenters. The summed E-state index contributed by atoms with van der Waals surface area (Å²) in [5.41, 5.74) is 7.31. The van der Waals surface area contributed by atoms with E-state index < -0.39 is 0 Å². The first kappa shape index (κ1) is 13.8. The van der Waals surface area contributed by atoms with Crippen molar-refractivity contribution in [2.45, 2.75) is 33.2 Å². The molecular weight excluding hydrogens is 214 g/mol. The van der Waals surface area contributed by atoms with E-state index in [2.05, 4.69) is 13.8 Å². The Hall–Kier alpha value is -1.22. The maximum absolute atomic E-state index is 6.21. The van der Waals surface area contributed by atoms with Gasteiger partial charge >= 0.3 is 0 Å². The number of methoxy groups -OCH3 is 1. The van der Waals surface area contributed by atoms with E-state index >= 15 is 0 Å². The SMILES string of the molecule is CCOc1cc([C@H](N)C(C)CC)ccc1OC. The van der Waals surface area contributed by atoms with Gasteiger partial charge in [-0.15, -0.1) is 0 Å². The van der Waals surface area contributed by atoms with Gasteiger partial charge in [0.15, 0.2) is 11.5 Å². The standard InChI is InChI=1S/C14H23NO2/c1-5-10(3)14(15)11-7-8-12(16-4)13(9-11)17-6-2/h7-10,14H,5-6,15H2,1-4H3/t10?,14-/m1/s1. The molecule has 1 rings (SSSR count). The molecule has 0 radical (unpaired) electrons. The van der Waals surface area contributed by atoms with Crippen LogP contribution >= 0.6 is 0 Å². The van der Waals surface area contributed by atoms with E-state index in [1.807, 2.05) is 25.1 Å². The fourth-order valence-electron chi connectivity index (χ4n) is 1.75. The van der Waals surface area contributed by atoms with Crippen LogP contribution in [-0.2, 0) is 0 Å². The number of benzene rings is 1. The van der Waals surface area contributed by atoms with Gasteiger partial charge in [0.1, 0.15) is 0 Å². The quantitative estimate of drug-likeness (QED) is 0.826. The van der Waals surface area contributed by atoms with Crippen molar-refractivity contribution in [3.05, 3.63) is 23.8 Å². The Balaban J connectivity index is 2.98. The van der Waals surface area contributed by atoms with E-state index in [-0.39, 0.29) is 6.04 Å². The van der Waals surface area contributed by atoms with Gasteiger partial charge in [0.25, 0.3) is 0 Å². The first-order valence-corrected chi connectivity index (χ1v) is 6.20. The lowest BCUT2D eigenvalue weighted by Crippen LogP contribution is -2.18. The van der Waals surface area contributed by atoms with E-state index in [1.165, 1.54) is 0 Å². The lowest BCUT2D eigenvalue weighted by Gasteiger charge is -2.20. The summed E-state index contributed by atoms with van der Waals surface area (Å²) >= 11 is 0. The van der Waals surface area contributed by atoms with Gasteiger partial charge in [0, 0.05) is 6.04 Å². The van der Waals surface area contributed by atoms with Crippen LogP contribution in [0.4, 0.5) is 0 Å². The monoisotopic (exact) mass is 237 g/mol. The molecule has 0 amide bonds. The molecule has 1 aromatic carbocycles. The Morgan fingerprint density at radius 1 is 1.24 bits per heavy atom. The molecule has 0 saturated carbocycles. The second-order valence-corrected chi connectivity index (χ2v) is 4.25. The Bertz CT molecular complexity index is 352. The number of nitrogens with two attached hydrogens (primary N) is 1. The molecule has 0 heterocycles. The lowest BCUT2D eigenvalue weighted by atomic mass is 9.93. The van der Waals surface area contributed by atoms with Crippen molar-refractivity contribution >= 4 is 0 Å². The number of ether oxygens (including phenoxy) is 2. The first-order chi connectivity index (χ1) is 8.13. The Labute approximate surface area is 104 Å². The van der Waals surface area contributed by atoms with Crippen molar-refractivity contribution in [2.75, 3.05) is 13.7 Å². The minimum Gasteiger partial charge on any atom is -0.493 e. The summed E-state index contributed by atoms with van der Waals surface area (Å²) in [4.78, 5) is 0. The number of rotatable bonds is 6. The van der Waals surface area contributed by atoms with Crippen LogP contribution in [0.25, 0.3) is 0 Å². The van der Waals surface area contributed by atoms with Gasteiger partial charge in [-0.2, -0.15) is 0 Å². The molecule has 0 aliphatic carbocycles. The minimum atomic E-state index is 0.0464. The smallest absolute Gasteiger partial charge is 0.161 e. The van der Waals surface area contributed by atoms with E-state index in [1.54, 1.807) is 7.11 Å².